The van der Waals surface area contributed by atoms with Crippen LogP contribution in [0.4, 0.5) is 0 Å². The van der Waals surface area contributed by atoms with Crippen molar-refractivity contribution < 1.29 is 13.2 Å². The third kappa shape index (κ3) is 6.98. The minimum absolute atomic E-state index is 0.0853. The van der Waals surface area contributed by atoms with E-state index in [2.05, 4.69) is 44.7 Å². The van der Waals surface area contributed by atoms with Gasteiger partial charge in [-0.1, -0.05) is 29.8 Å². The Balaban J connectivity index is 1.66. The minimum Gasteiger partial charge on any atom is -0.355 e. The van der Waals surface area contributed by atoms with Crippen molar-refractivity contribution in [2.75, 3.05) is 32.7 Å². The van der Waals surface area contributed by atoms with Crippen LogP contribution >= 0.6 is 15.9 Å². The molecule has 0 aromatic heterocycles. The van der Waals surface area contributed by atoms with E-state index >= 15 is 0 Å². The maximum Gasteiger partial charge on any atom is 0.240 e. The molecule has 1 amide bonds. The van der Waals surface area contributed by atoms with E-state index in [0.29, 0.717) is 18.4 Å². The molecule has 1 aromatic rings. The molecule has 1 heterocycles. The summed E-state index contributed by atoms with van der Waals surface area (Å²) in [5.74, 6) is 1.26. The molecule has 1 aromatic carbocycles. The Morgan fingerprint density at radius 1 is 1.15 bits per heavy atom. The molecule has 26 heavy (non-hydrogen) atoms. The van der Waals surface area contributed by atoms with Gasteiger partial charge in [-0.3, -0.25) is 4.79 Å². The van der Waals surface area contributed by atoms with Crippen LogP contribution in [-0.4, -0.2) is 51.9 Å². The summed E-state index contributed by atoms with van der Waals surface area (Å²) >= 11 is 3.27. The summed E-state index contributed by atoms with van der Waals surface area (Å²) in [4.78, 5) is 14.5. The number of piperidine rings is 1. The van der Waals surface area contributed by atoms with Crippen LogP contribution in [0.5, 0.6) is 0 Å². The highest BCUT2D eigenvalue weighted by Gasteiger charge is 2.21. The predicted molar refractivity (Wildman–Crippen MR) is 106 cm³/mol. The number of amides is 1. The molecule has 0 radical (unpaired) electrons. The Hall–Kier alpha value is -0.960. The molecule has 0 aliphatic carbocycles. The van der Waals surface area contributed by atoms with E-state index in [0.717, 1.165) is 24.1 Å². The fourth-order valence-electron chi connectivity index (χ4n) is 3.41. The van der Waals surface area contributed by atoms with Gasteiger partial charge in [0.25, 0.3) is 0 Å². The molecule has 0 saturated carbocycles. The first-order valence-corrected chi connectivity index (χ1v) is 11.3. The molecule has 2 rings (SSSR count). The number of hydrogen-bond donors (Lipinski definition) is 2. The van der Waals surface area contributed by atoms with Gasteiger partial charge in [-0.05, 0) is 42.5 Å². The molecular weight excluding hydrogens is 418 g/mol. The van der Waals surface area contributed by atoms with Crippen molar-refractivity contribution in [2.24, 2.45) is 11.8 Å². The van der Waals surface area contributed by atoms with E-state index in [4.69, 9.17) is 0 Å². The van der Waals surface area contributed by atoms with Gasteiger partial charge in [0.05, 0.1) is 4.90 Å². The molecular formula is C18H28BrN3O3S. The minimum atomic E-state index is -3.58. The van der Waals surface area contributed by atoms with E-state index in [-0.39, 0.29) is 23.8 Å². The molecule has 1 fully saturated rings. The molecule has 0 bridgehead atoms. The second-order valence-corrected chi connectivity index (χ2v) is 9.84. The molecule has 8 heteroatoms. The van der Waals surface area contributed by atoms with Crippen LogP contribution < -0.4 is 10.0 Å². The van der Waals surface area contributed by atoms with Gasteiger partial charge < -0.3 is 10.2 Å². The highest BCUT2D eigenvalue weighted by Crippen LogP contribution is 2.20. The van der Waals surface area contributed by atoms with Crippen molar-refractivity contribution in [3.8, 4) is 0 Å². The zero-order valence-electron chi connectivity index (χ0n) is 15.4. The molecule has 1 aliphatic rings. The van der Waals surface area contributed by atoms with Crippen molar-refractivity contribution in [2.45, 2.75) is 31.6 Å². The Morgan fingerprint density at radius 2 is 1.77 bits per heavy atom. The first-order valence-electron chi connectivity index (χ1n) is 9.00. The summed E-state index contributed by atoms with van der Waals surface area (Å²) in [5.41, 5.74) is 0. The van der Waals surface area contributed by atoms with Crippen LogP contribution in [0.2, 0.25) is 0 Å². The van der Waals surface area contributed by atoms with Crippen LogP contribution in [0.3, 0.4) is 0 Å². The number of sulfonamides is 1. The van der Waals surface area contributed by atoms with Gasteiger partial charge in [0, 0.05) is 43.6 Å². The summed E-state index contributed by atoms with van der Waals surface area (Å²) in [6.07, 6.45) is 1.39. The number of rotatable bonds is 8. The maximum atomic E-state index is 12.1. The molecule has 146 valence electrons. The lowest BCUT2D eigenvalue weighted by Crippen LogP contribution is -2.43. The van der Waals surface area contributed by atoms with Gasteiger partial charge in [0.15, 0.2) is 0 Å². The third-order valence-electron chi connectivity index (χ3n) is 4.46. The zero-order chi connectivity index (χ0) is 19.2. The number of halogens is 1. The monoisotopic (exact) mass is 445 g/mol. The largest absolute Gasteiger partial charge is 0.355 e. The van der Waals surface area contributed by atoms with E-state index in [1.807, 2.05) is 0 Å². The average Bonchev–Trinajstić information content (AvgIpc) is 2.54. The topological polar surface area (TPSA) is 78.5 Å². The van der Waals surface area contributed by atoms with Gasteiger partial charge in [0.1, 0.15) is 0 Å². The Bertz CT molecular complexity index is 684. The quantitative estimate of drug-likeness (QED) is 0.642. The SMILES string of the molecule is CC1CC(C)CN(CCNC(=O)CCNS(=O)(=O)c2ccc(Br)cc2)C1. The summed E-state index contributed by atoms with van der Waals surface area (Å²) < 4.78 is 27.6. The van der Waals surface area contributed by atoms with Gasteiger partial charge in [-0.2, -0.15) is 0 Å². The normalized spacial score (nSPS) is 21.5. The molecule has 1 aliphatic heterocycles. The number of hydrogen-bond acceptors (Lipinski definition) is 4. The third-order valence-corrected chi connectivity index (χ3v) is 6.47. The Kier molecular flexibility index (Phi) is 8.06. The van der Waals surface area contributed by atoms with Crippen LogP contribution in [0.1, 0.15) is 26.7 Å². The van der Waals surface area contributed by atoms with Crippen LogP contribution in [-0.2, 0) is 14.8 Å². The Morgan fingerprint density at radius 3 is 2.38 bits per heavy atom. The average molecular weight is 446 g/mol. The molecule has 0 spiro atoms. The van der Waals surface area contributed by atoms with Gasteiger partial charge in [0.2, 0.25) is 15.9 Å². The maximum absolute atomic E-state index is 12.1. The van der Waals surface area contributed by atoms with E-state index in [1.54, 1.807) is 12.1 Å². The molecule has 1 saturated heterocycles. The predicted octanol–water partition coefficient (Wildman–Crippen LogP) is 2.21. The first-order chi connectivity index (χ1) is 12.3. The van der Waals surface area contributed by atoms with E-state index in [1.165, 1.54) is 18.6 Å². The number of nitrogens with zero attached hydrogens (tertiary/aromatic N) is 1. The van der Waals surface area contributed by atoms with Crippen molar-refractivity contribution in [1.29, 1.82) is 0 Å². The van der Waals surface area contributed by atoms with Crippen LogP contribution in [0.25, 0.3) is 0 Å². The van der Waals surface area contributed by atoms with Crippen molar-refractivity contribution in [3.05, 3.63) is 28.7 Å². The number of carbonyl (C=O) groups excluding carboxylic acids is 1. The van der Waals surface area contributed by atoms with Gasteiger partial charge in [-0.15, -0.1) is 0 Å². The second-order valence-electron chi connectivity index (χ2n) is 7.16. The molecule has 2 atom stereocenters. The van der Waals surface area contributed by atoms with Crippen LogP contribution in [0, 0.1) is 11.8 Å². The fraction of sp³-hybridized carbons (Fsp3) is 0.611. The summed E-state index contributed by atoms with van der Waals surface area (Å²) in [7, 11) is -3.58. The number of carbonyl (C=O) groups is 1. The van der Waals surface area contributed by atoms with Crippen molar-refractivity contribution in [1.82, 2.24) is 14.9 Å². The van der Waals surface area contributed by atoms with Crippen molar-refractivity contribution >= 4 is 31.9 Å². The van der Waals surface area contributed by atoms with Crippen LogP contribution in [0.15, 0.2) is 33.6 Å². The summed E-state index contributed by atoms with van der Waals surface area (Å²) in [5, 5.41) is 2.87. The molecule has 2 unspecified atom stereocenters. The highest BCUT2D eigenvalue weighted by atomic mass is 79.9. The second kappa shape index (κ2) is 9.82. The highest BCUT2D eigenvalue weighted by molar-refractivity contribution is 9.10. The lowest BCUT2D eigenvalue weighted by molar-refractivity contribution is -0.121. The lowest BCUT2D eigenvalue weighted by atomic mass is 9.92. The van der Waals surface area contributed by atoms with Gasteiger partial charge >= 0.3 is 0 Å². The molecule has 6 nitrogen and oxygen atoms in total. The number of benzene rings is 1. The summed E-state index contributed by atoms with van der Waals surface area (Å²) in [6.45, 7) is 8.20. The Labute approximate surface area is 164 Å². The lowest BCUT2D eigenvalue weighted by Gasteiger charge is -2.34. The first kappa shape index (κ1) is 21.3. The number of nitrogens with one attached hydrogen (secondary N) is 2. The van der Waals surface area contributed by atoms with Gasteiger partial charge in [-0.25, -0.2) is 13.1 Å². The van der Waals surface area contributed by atoms with Crippen molar-refractivity contribution in [3.63, 3.8) is 0 Å². The standard InChI is InChI=1S/C18H28BrN3O3S/c1-14-11-15(2)13-22(12-14)10-9-20-18(23)7-8-21-26(24,25)17-5-3-16(19)4-6-17/h3-6,14-15,21H,7-13H2,1-2H3,(H,20,23). The van der Waals surface area contributed by atoms with E-state index < -0.39 is 10.0 Å². The molecule has 2 N–H and O–H groups in total. The smallest absolute Gasteiger partial charge is 0.240 e. The summed E-state index contributed by atoms with van der Waals surface area (Å²) in [6, 6.07) is 6.38. The zero-order valence-corrected chi connectivity index (χ0v) is 17.8. The van der Waals surface area contributed by atoms with E-state index in [9.17, 15) is 13.2 Å². The fourth-order valence-corrected chi connectivity index (χ4v) is 4.71. The number of likely N-dealkylation sites (tertiary alicyclic amines) is 1.